The topological polar surface area (TPSA) is 64.3 Å². The lowest BCUT2D eigenvalue weighted by molar-refractivity contribution is 0.0914. The van der Waals surface area contributed by atoms with Crippen LogP contribution in [-0.4, -0.2) is 27.4 Å². The maximum atomic E-state index is 13.0. The van der Waals surface area contributed by atoms with Crippen LogP contribution < -0.4 is 10.3 Å². The molecule has 2 aromatic heterocycles. The van der Waals surface area contributed by atoms with E-state index >= 15 is 0 Å². The third kappa shape index (κ3) is 3.83. The fourth-order valence-corrected chi connectivity index (χ4v) is 4.01. The Morgan fingerprint density at radius 3 is 2.79 bits per heavy atom. The summed E-state index contributed by atoms with van der Waals surface area (Å²) >= 11 is 1.45. The minimum atomic E-state index is -0.823. The maximum absolute atomic E-state index is 13.0. The molecule has 0 aliphatic carbocycles. The van der Waals surface area contributed by atoms with E-state index in [0.29, 0.717) is 16.0 Å². The standard InChI is InChI=1S/C22H20N2O3S/c1-15-6-5-9-18(10-15)27-12-17(25)11-24-14-23-21-20(22(24)26)19(13-28-21)16-7-3-2-4-8-16/h2-10,13-14,17,25H,11-12H2,1H3/t17-/m0/s1. The van der Waals surface area contributed by atoms with Crippen molar-refractivity contribution in [1.29, 1.82) is 0 Å². The van der Waals surface area contributed by atoms with Crippen LogP contribution in [0.4, 0.5) is 0 Å². The average molecular weight is 392 g/mol. The molecule has 1 N–H and O–H groups in total. The van der Waals surface area contributed by atoms with Crippen molar-refractivity contribution in [1.82, 2.24) is 9.55 Å². The molecule has 0 amide bonds. The highest BCUT2D eigenvalue weighted by Gasteiger charge is 2.15. The Bertz CT molecular complexity index is 1150. The van der Waals surface area contributed by atoms with Crippen molar-refractivity contribution >= 4 is 21.6 Å². The average Bonchev–Trinajstić information content (AvgIpc) is 3.14. The normalized spacial score (nSPS) is 12.2. The summed E-state index contributed by atoms with van der Waals surface area (Å²) in [4.78, 5) is 18.1. The van der Waals surface area contributed by atoms with E-state index in [1.54, 1.807) is 0 Å². The lowest BCUT2D eigenvalue weighted by Crippen LogP contribution is -2.30. The molecule has 0 bridgehead atoms. The molecule has 0 aliphatic heterocycles. The van der Waals surface area contributed by atoms with E-state index < -0.39 is 6.10 Å². The summed E-state index contributed by atoms with van der Waals surface area (Å²) in [5.74, 6) is 0.698. The summed E-state index contributed by atoms with van der Waals surface area (Å²) in [5.41, 5.74) is 2.79. The first-order valence-corrected chi connectivity index (χ1v) is 9.89. The molecule has 0 saturated carbocycles. The summed E-state index contributed by atoms with van der Waals surface area (Å²) < 4.78 is 7.09. The summed E-state index contributed by atoms with van der Waals surface area (Å²) in [5, 5.41) is 12.9. The number of aliphatic hydroxyl groups excluding tert-OH is 1. The molecule has 4 rings (SSSR count). The van der Waals surface area contributed by atoms with Crippen LogP contribution in [0.15, 0.2) is 71.1 Å². The van der Waals surface area contributed by atoms with Gasteiger partial charge in [0.15, 0.2) is 0 Å². The smallest absolute Gasteiger partial charge is 0.262 e. The van der Waals surface area contributed by atoms with Gasteiger partial charge in [0.2, 0.25) is 0 Å². The van der Waals surface area contributed by atoms with Crippen LogP contribution in [0.2, 0.25) is 0 Å². The molecule has 0 unspecified atom stereocenters. The van der Waals surface area contributed by atoms with Gasteiger partial charge in [0.05, 0.1) is 18.3 Å². The Kier molecular flexibility index (Phi) is 5.23. The number of fused-ring (bicyclic) bond motifs is 1. The van der Waals surface area contributed by atoms with Gasteiger partial charge in [-0.15, -0.1) is 11.3 Å². The van der Waals surface area contributed by atoms with E-state index in [1.165, 1.54) is 22.2 Å². The van der Waals surface area contributed by atoms with Crippen LogP contribution in [-0.2, 0) is 6.54 Å². The fraction of sp³-hybridized carbons (Fsp3) is 0.182. The zero-order valence-corrected chi connectivity index (χ0v) is 16.2. The summed E-state index contributed by atoms with van der Waals surface area (Å²) in [6, 6.07) is 17.4. The number of aromatic nitrogens is 2. The number of hydrogen-bond donors (Lipinski definition) is 1. The molecule has 0 aliphatic rings. The second-order valence-electron chi connectivity index (χ2n) is 6.68. The molecule has 0 fully saturated rings. The molecule has 28 heavy (non-hydrogen) atoms. The van der Waals surface area contributed by atoms with Gasteiger partial charge in [-0.05, 0) is 30.2 Å². The first kappa shape index (κ1) is 18.4. The second-order valence-corrected chi connectivity index (χ2v) is 7.54. The van der Waals surface area contributed by atoms with Gasteiger partial charge in [-0.2, -0.15) is 0 Å². The van der Waals surface area contributed by atoms with E-state index in [4.69, 9.17) is 4.74 Å². The molecular formula is C22H20N2O3S. The van der Waals surface area contributed by atoms with Crippen LogP contribution in [0.5, 0.6) is 5.75 Å². The number of hydrogen-bond acceptors (Lipinski definition) is 5. The first-order chi connectivity index (χ1) is 13.6. The fourth-order valence-electron chi connectivity index (χ4n) is 3.11. The van der Waals surface area contributed by atoms with Crippen molar-refractivity contribution in [3.8, 4) is 16.9 Å². The Hall–Kier alpha value is -2.96. The van der Waals surface area contributed by atoms with Gasteiger partial charge in [0, 0.05) is 10.9 Å². The van der Waals surface area contributed by atoms with Crippen LogP contribution in [0, 0.1) is 6.92 Å². The van der Waals surface area contributed by atoms with Gasteiger partial charge in [-0.3, -0.25) is 9.36 Å². The van der Waals surface area contributed by atoms with Crippen molar-refractivity contribution in [3.63, 3.8) is 0 Å². The summed E-state index contributed by atoms with van der Waals surface area (Å²) in [6.45, 7) is 2.20. The molecule has 0 saturated heterocycles. The molecule has 0 spiro atoms. The molecular weight excluding hydrogens is 372 g/mol. The van der Waals surface area contributed by atoms with Crippen molar-refractivity contribution in [2.75, 3.05) is 6.61 Å². The van der Waals surface area contributed by atoms with E-state index in [-0.39, 0.29) is 18.7 Å². The minimum Gasteiger partial charge on any atom is -0.491 e. The Morgan fingerprint density at radius 2 is 2.00 bits per heavy atom. The number of rotatable bonds is 6. The number of thiophene rings is 1. The highest BCUT2D eigenvalue weighted by molar-refractivity contribution is 7.17. The van der Waals surface area contributed by atoms with Crippen molar-refractivity contribution in [2.45, 2.75) is 19.6 Å². The Morgan fingerprint density at radius 1 is 1.18 bits per heavy atom. The molecule has 142 valence electrons. The number of ether oxygens (including phenoxy) is 1. The van der Waals surface area contributed by atoms with Gasteiger partial charge < -0.3 is 9.84 Å². The van der Waals surface area contributed by atoms with Crippen molar-refractivity contribution in [3.05, 3.63) is 82.2 Å². The SMILES string of the molecule is Cc1cccc(OC[C@@H](O)Cn2cnc3scc(-c4ccccc4)c3c2=O)c1. The lowest BCUT2D eigenvalue weighted by Gasteiger charge is -2.14. The number of aryl methyl sites for hydroxylation is 1. The molecule has 5 nitrogen and oxygen atoms in total. The molecule has 1 atom stereocenters. The Labute approximate surface area is 166 Å². The summed E-state index contributed by atoms with van der Waals surface area (Å²) in [6.07, 6.45) is 0.669. The molecule has 2 heterocycles. The highest BCUT2D eigenvalue weighted by atomic mass is 32.1. The van der Waals surface area contributed by atoms with E-state index in [1.807, 2.05) is 66.9 Å². The zero-order chi connectivity index (χ0) is 19.5. The van der Waals surface area contributed by atoms with Crippen LogP contribution in [0.3, 0.4) is 0 Å². The van der Waals surface area contributed by atoms with Gasteiger partial charge in [0.1, 0.15) is 23.3 Å². The van der Waals surface area contributed by atoms with Gasteiger partial charge in [-0.25, -0.2) is 4.98 Å². The van der Waals surface area contributed by atoms with Crippen LogP contribution >= 0.6 is 11.3 Å². The quantitative estimate of drug-likeness (QED) is 0.541. The lowest BCUT2D eigenvalue weighted by atomic mass is 10.1. The number of aliphatic hydroxyl groups is 1. The third-order valence-electron chi connectivity index (χ3n) is 4.48. The molecule has 6 heteroatoms. The minimum absolute atomic E-state index is 0.100. The largest absolute Gasteiger partial charge is 0.491 e. The second kappa shape index (κ2) is 7.96. The monoisotopic (exact) mass is 392 g/mol. The molecule has 0 radical (unpaired) electrons. The highest BCUT2D eigenvalue weighted by Crippen LogP contribution is 2.30. The van der Waals surface area contributed by atoms with E-state index in [0.717, 1.165) is 16.7 Å². The first-order valence-electron chi connectivity index (χ1n) is 9.01. The molecule has 2 aromatic carbocycles. The van der Waals surface area contributed by atoms with Crippen molar-refractivity contribution < 1.29 is 9.84 Å². The van der Waals surface area contributed by atoms with Crippen molar-refractivity contribution in [2.24, 2.45) is 0 Å². The number of benzene rings is 2. The predicted molar refractivity (Wildman–Crippen MR) is 112 cm³/mol. The Balaban J connectivity index is 1.55. The zero-order valence-electron chi connectivity index (χ0n) is 15.4. The van der Waals surface area contributed by atoms with Crippen LogP contribution in [0.25, 0.3) is 21.3 Å². The van der Waals surface area contributed by atoms with Gasteiger partial charge in [-0.1, -0.05) is 42.5 Å². The predicted octanol–water partition coefficient (Wildman–Crippen LogP) is 3.87. The third-order valence-corrected chi connectivity index (χ3v) is 5.37. The maximum Gasteiger partial charge on any atom is 0.262 e. The van der Waals surface area contributed by atoms with Gasteiger partial charge in [0.25, 0.3) is 5.56 Å². The van der Waals surface area contributed by atoms with Gasteiger partial charge >= 0.3 is 0 Å². The van der Waals surface area contributed by atoms with E-state index in [2.05, 4.69) is 4.98 Å². The summed E-state index contributed by atoms with van der Waals surface area (Å²) in [7, 11) is 0. The van der Waals surface area contributed by atoms with E-state index in [9.17, 15) is 9.90 Å². The number of nitrogens with zero attached hydrogens (tertiary/aromatic N) is 2. The molecule has 4 aromatic rings. The van der Waals surface area contributed by atoms with Crippen LogP contribution in [0.1, 0.15) is 5.56 Å².